The van der Waals surface area contributed by atoms with Crippen molar-refractivity contribution in [1.29, 1.82) is 0 Å². The lowest BCUT2D eigenvalue weighted by Gasteiger charge is -2.18. The quantitative estimate of drug-likeness (QED) is 0.395. The highest BCUT2D eigenvalue weighted by molar-refractivity contribution is 7.48. The number of carbonyl (C=O) groups is 1. The second-order valence-electron chi connectivity index (χ2n) is 8.43. The molecule has 2 aromatic heterocycles. The van der Waals surface area contributed by atoms with Crippen LogP contribution < -0.4 is 9.84 Å². The lowest BCUT2D eigenvalue weighted by molar-refractivity contribution is -0.0221. The van der Waals surface area contributed by atoms with Crippen molar-refractivity contribution in [2.45, 2.75) is 18.8 Å². The third kappa shape index (κ3) is 4.49. The van der Waals surface area contributed by atoms with Crippen molar-refractivity contribution in [2.24, 2.45) is 5.92 Å². The average Bonchev–Trinajstić information content (AvgIpc) is 3.49. The van der Waals surface area contributed by atoms with E-state index >= 15 is 0 Å². The van der Waals surface area contributed by atoms with Gasteiger partial charge in [0.2, 0.25) is 0 Å². The number of phosphoric acid groups is 1. The molecular weight excluding hydrogens is 485 g/mol. The number of carbonyl (C=O) groups excluding carboxylic acids is 1. The maximum atomic E-state index is 13.0. The molecular formula is C24H22N5O6P. The number of nitrogens with zero attached hydrogens (tertiary/aromatic N) is 4. The molecule has 4 atom stereocenters. The molecule has 0 bridgehead atoms. The second-order valence-corrected chi connectivity index (χ2v) is 10.0. The van der Waals surface area contributed by atoms with E-state index < -0.39 is 14.1 Å². The molecule has 2 aromatic carbocycles. The zero-order valence-electron chi connectivity index (χ0n) is 19.0. The van der Waals surface area contributed by atoms with Crippen LogP contribution in [0, 0.1) is 5.92 Å². The summed E-state index contributed by atoms with van der Waals surface area (Å²) in [6.45, 7) is 0.219. The molecule has 6 rings (SSSR count). The smallest absolute Gasteiger partial charge is 0.404 e. The molecule has 1 amide bonds. The van der Waals surface area contributed by atoms with Crippen LogP contribution in [0.15, 0.2) is 73.3 Å². The van der Waals surface area contributed by atoms with Gasteiger partial charge in [0.25, 0.3) is 5.91 Å². The van der Waals surface area contributed by atoms with Crippen molar-refractivity contribution >= 4 is 30.7 Å². The lowest BCUT2D eigenvalue weighted by Crippen LogP contribution is -2.21. The molecule has 184 valence electrons. The Morgan fingerprint density at radius 2 is 1.75 bits per heavy atom. The zero-order valence-corrected chi connectivity index (χ0v) is 19.9. The number of hydrogen-bond donors (Lipinski definition) is 1. The summed E-state index contributed by atoms with van der Waals surface area (Å²) in [6, 6.07) is 17.6. The van der Waals surface area contributed by atoms with Crippen LogP contribution >= 0.6 is 7.82 Å². The van der Waals surface area contributed by atoms with Crippen LogP contribution in [0.25, 0.3) is 11.2 Å². The van der Waals surface area contributed by atoms with Gasteiger partial charge in [-0.1, -0.05) is 36.4 Å². The fourth-order valence-electron chi connectivity index (χ4n) is 4.28. The van der Waals surface area contributed by atoms with E-state index in [0.717, 1.165) is 0 Å². The first-order chi connectivity index (χ1) is 17.6. The first-order valence-corrected chi connectivity index (χ1v) is 12.9. The van der Waals surface area contributed by atoms with Crippen LogP contribution in [0.4, 0.5) is 5.82 Å². The minimum atomic E-state index is -3.76. The molecule has 11 nitrogen and oxygen atoms in total. The van der Waals surface area contributed by atoms with E-state index in [2.05, 4.69) is 20.3 Å². The van der Waals surface area contributed by atoms with Crippen molar-refractivity contribution < 1.29 is 27.7 Å². The lowest BCUT2D eigenvalue weighted by atomic mass is 10.0. The number of anilines is 1. The molecule has 0 saturated carbocycles. The van der Waals surface area contributed by atoms with E-state index in [1.165, 1.54) is 6.33 Å². The Labute approximate surface area is 206 Å². The molecule has 2 saturated heterocycles. The number of phosphoric ester groups is 1. The normalized spacial score (nSPS) is 25.7. The molecule has 0 radical (unpaired) electrons. The van der Waals surface area contributed by atoms with Crippen molar-refractivity contribution in [3.63, 3.8) is 0 Å². The van der Waals surface area contributed by atoms with Crippen LogP contribution in [-0.2, 0) is 18.3 Å². The average molecular weight is 507 g/mol. The van der Waals surface area contributed by atoms with Crippen molar-refractivity contribution in [1.82, 2.24) is 19.5 Å². The van der Waals surface area contributed by atoms with Crippen LogP contribution in [-0.4, -0.2) is 44.7 Å². The van der Waals surface area contributed by atoms with Gasteiger partial charge in [-0.3, -0.25) is 18.4 Å². The van der Waals surface area contributed by atoms with Crippen LogP contribution in [0.2, 0.25) is 0 Å². The van der Waals surface area contributed by atoms with Crippen molar-refractivity contribution in [3.8, 4) is 5.75 Å². The van der Waals surface area contributed by atoms with Gasteiger partial charge in [-0.25, -0.2) is 19.5 Å². The Balaban J connectivity index is 1.16. The molecule has 36 heavy (non-hydrogen) atoms. The summed E-state index contributed by atoms with van der Waals surface area (Å²) in [5.41, 5.74) is 1.48. The third-order valence-electron chi connectivity index (χ3n) is 6.10. The van der Waals surface area contributed by atoms with Crippen molar-refractivity contribution in [3.05, 3.63) is 78.9 Å². The maximum Gasteiger partial charge on any atom is 0.530 e. The molecule has 2 aliphatic heterocycles. The number of aromatic nitrogens is 4. The summed E-state index contributed by atoms with van der Waals surface area (Å²) in [4.78, 5) is 25.6. The minimum Gasteiger partial charge on any atom is -0.404 e. The Kier molecular flexibility index (Phi) is 5.98. The second kappa shape index (κ2) is 9.44. The number of ether oxygens (including phenoxy) is 1. The highest BCUT2D eigenvalue weighted by Gasteiger charge is 2.44. The van der Waals surface area contributed by atoms with Gasteiger partial charge in [-0.2, -0.15) is 0 Å². The fourth-order valence-corrected chi connectivity index (χ4v) is 5.55. The fraction of sp³-hybridized carbons (Fsp3) is 0.250. The Hall–Kier alpha value is -3.63. The highest BCUT2D eigenvalue weighted by atomic mass is 31.2. The van der Waals surface area contributed by atoms with Gasteiger partial charge >= 0.3 is 7.82 Å². The monoisotopic (exact) mass is 507 g/mol. The van der Waals surface area contributed by atoms with Gasteiger partial charge < -0.3 is 14.6 Å². The van der Waals surface area contributed by atoms with Gasteiger partial charge in [-0.05, 0) is 24.3 Å². The van der Waals surface area contributed by atoms with Gasteiger partial charge in [0.05, 0.1) is 25.6 Å². The van der Waals surface area contributed by atoms with E-state index in [-0.39, 0.29) is 31.1 Å². The molecule has 12 heteroatoms. The number of rotatable bonds is 5. The first kappa shape index (κ1) is 22.8. The van der Waals surface area contributed by atoms with E-state index in [4.69, 9.17) is 18.3 Å². The number of hydrogen-bond acceptors (Lipinski definition) is 9. The number of fused-ring (bicyclic) bond motifs is 2. The summed E-state index contributed by atoms with van der Waals surface area (Å²) < 4.78 is 37.7. The van der Waals surface area contributed by atoms with Gasteiger partial charge in [-0.15, -0.1) is 0 Å². The van der Waals surface area contributed by atoms with Gasteiger partial charge in [0, 0.05) is 17.9 Å². The molecule has 1 N–H and O–H groups in total. The van der Waals surface area contributed by atoms with Crippen LogP contribution in [0.1, 0.15) is 23.0 Å². The molecule has 2 unspecified atom stereocenters. The first-order valence-electron chi connectivity index (χ1n) is 11.4. The zero-order chi connectivity index (χ0) is 24.5. The Bertz CT molecular complexity index is 1410. The SMILES string of the molecule is O=C(Nc1ncnc2c1ncn2C1C[C@@H]2COP(=O)(Oc3ccccc3)OC[C@H]2O1)c1ccccc1. The third-order valence-corrected chi connectivity index (χ3v) is 7.47. The van der Waals surface area contributed by atoms with E-state index in [1.807, 2.05) is 12.1 Å². The maximum absolute atomic E-state index is 13.0. The molecule has 2 fully saturated rings. The predicted molar refractivity (Wildman–Crippen MR) is 128 cm³/mol. The molecule has 4 heterocycles. The summed E-state index contributed by atoms with van der Waals surface area (Å²) in [5, 5.41) is 2.80. The Morgan fingerprint density at radius 3 is 2.56 bits per heavy atom. The minimum absolute atomic E-state index is 0.0608. The number of imidazole rings is 1. The topological polar surface area (TPSA) is 127 Å². The van der Waals surface area contributed by atoms with E-state index in [1.54, 1.807) is 59.4 Å². The van der Waals surface area contributed by atoms with Crippen molar-refractivity contribution in [2.75, 3.05) is 18.5 Å². The van der Waals surface area contributed by atoms with Crippen LogP contribution in [0.5, 0.6) is 5.75 Å². The van der Waals surface area contributed by atoms with Gasteiger partial charge in [0.15, 0.2) is 17.0 Å². The van der Waals surface area contributed by atoms with E-state index in [0.29, 0.717) is 34.7 Å². The van der Waals surface area contributed by atoms with E-state index in [9.17, 15) is 9.36 Å². The summed E-state index contributed by atoms with van der Waals surface area (Å²) in [6.07, 6.45) is 2.82. The standard InChI is InChI=1S/C24H22N5O6P/c30-24(16-7-3-1-4-8-16)28-22-21-23(26-14-25-22)29(15-27-21)20-11-17-12-32-36(31,33-13-19(17)34-20)35-18-9-5-2-6-10-18/h1-10,14-15,17,19-20H,11-13H2,(H,25,26,28,30)/t17-,19-,20?,36?/m1/s1. The molecule has 0 spiro atoms. The van der Waals surface area contributed by atoms with Crippen LogP contribution in [0.3, 0.4) is 0 Å². The molecule has 4 aromatic rings. The number of benzene rings is 2. The number of para-hydroxylation sites is 1. The van der Waals surface area contributed by atoms with Gasteiger partial charge in [0.1, 0.15) is 18.3 Å². The summed E-state index contributed by atoms with van der Waals surface area (Å²) in [7, 11) is -3.76. The largest absolute Gasteiger partial charge is 0.530 e. The summed E-state index contributed by atoms with van der Waals surface area (Å²) >= 11 is 0. The Morgan fingerprint density at radius 1 is 1.00 bits per heavy atom. The molecule has 0 aliphatic carbocycles. The highest BCUT2D eigenvalue weighted by Crippen LogP contribution is 2.53. The number of nitrogens with one attached hydrogen (secondary N) is 1. The molecule has 2 aliphatic rings. The summed E-state index contributed by atoms with van der Waals surface area (Å²) in [5.74, 6) is 0.361. The predicted octanol–water partition coefficient (Wildman–Crippen LogP) is 4.22. The number of amides is 1.